The van der Waals surface area contributed by atoms with Crippen LogP contribution < -0.4 is 15.8 Å². The fraction of sp³-hybridized carbons (Fsp3) is 0.417. The molecule has 0 saturated carbocycles. The van der Waals surface area contributed by atoms with Crippen molar-refractivity contribution >= 4 is 21.6 Å². The summed E-state index contributed by atoms with van der Waals surface area (Å²) in [5.74, 6) is -0.154. The first-order valence-electron chi connectivity index (χ1n) is 6.15. The van der Waals surface area contributed by atoms with Gasteiger partial charge >= 0.3 is 0 Å². The van der Waals surface area contributed by atoms with Crippen molar-refractivity contribution in [3.63, 3.8) is 0 Å². The van der Waals surface area contributed by atoms with E-state index in [0.29, 0.717) is 11.3 Å². The average Bonchev–Trinajstić information content (AvgIpc) is 2.74. The van der Waals surface area contributed by atoms with Crippen LogP contribution in [0.5, 0.6) is 0 Å². The van der Waals surface area contributed by atoms with Gasteiger partial charge in [0.05, 0.1) is 17.4 Å². The summed E-state index contributed by atoms with van der Waals surface area (Å²) in [7, 11) is -3.71. The highest BCUT2D eigenvalue weighted by Gasteiger charge is 2.22. The predicted octanol–water partition coefficient (Wildman–Crippen LogP) is -0.832. The summed E-state index contributed by atoms with van der Waals surface area (Å²) in [5, 5.41) is 11.9. The largest absolute Gasteiger partial charge is 0.392 e. The van der Waals surface area contributed by atoms with Gasteiger partial charge in [-0.15, -0.1) is 0 Å². The van der Waals surface area contributed by atoms with Crippen LogP contribution >= 0.6 is 0 Å². The molecule has 2 unspecified atom stereocenters. The number of nitrogens with one attached hydrogen (secondary N) is 2. The molecular weight excluding hydrogens is 282 g/mol. The highest BCUT2D eigenvalue weighted by Crippen LogP contribution is 2.25. The monoisotopic (exact) mass is 299 g/mol. The van der Waals surface area contributed by atoms with E-state index in [0.717, 1.165) is 0 Å². The van der Waals surface area contributed by atoms with Crippen molar-refractivity contribution in [3.05, 3.63) is 23.8 Å². The second-order valence-corrected chi connectivity index (χ2v) is 6.57. The Labute approximate surface area is 117 Å². The number of sulfonamides is 1. The summed E-state index contributed by atoms with van der Waals surface area (Å²) in [5.41, 5.74) is 6.86. The van der Waals surface area contributed by atoms with Crippen molar-refractivity contribution in [2.75, 3.05) is 11.9 Å². The van der Waals surface area contributed by atoms with Crippen LogP contribution in [-0.4, -0.2) is 38.1 Å². The van der Waals surface area contributed by atoms with E-state index in [9.17, 15) is 18.3 Å². The fourth-order valence-electron chi connectivity index (χ4n) is 1.83. The van der Waals surface area contributed by atoms with Crippen LogP contribution in [0.15, 0.2) is 23.1 Å². The van der Waals surface area contributed by atoms with Crippen LogP contribution in [0.1, 0.15) is 12.5 Å². The fourth-order valence-corrected chi connectivity index (χ4v) is 2.96. The number of anilines is 1. The zero-order valence-electron chi connectivity index (χ0n) is 11.0. The van der Waals surface area contributed by atoms with Crippen molar-refractivity contribution < 1.29 is 18.3 Å². The van der Waals surface area contributed by atoms with Gasteiger partial charge in [-0.25, -0.2) is 13.1 Å². The molecule has 1 heterocycles. The van der Waals surface area contributed by atoms with Crippen LogP contribution in [-0.2, 0) is 21.2 Å². The second-order valence-electron chi connectivity index (χ2n) is 4.80. The molecule has 2 atom stereocenters. The molecule has 20 heavy (non-hydrogen) atoms. The molecule has 0 radical (unpaired) electrons. The molecule has 0 saturated heterocycles. The Morgan fingerprint density at radius 3 is 2.85 bits per heavy atom. The molecule has 5 N–H and O–H groups in total. The van der Waals surface area contributed by atoms with Crippen LogP contribution in [0.4, 0.5) is 5.69 Å². The highest BCUT2D eigenvalue weighted by atomic mass is 32.2. The van der Waals surface area contributed by atoms with Crippen molar-refractivity contribution in [2.45, 2.75) is 30.4 Å². The maximum atomic E-state index is 12.1. The lowest BCUT2D eigenvalue weighted by Gasteiger charge is -2.15. The number of hydrogen-bond donors (Lipinski definition) is 4. The molecule has 110 valence electrons. The quantitative estimate of drug-likeness (QED) is 0.565. The van der Waals surface area contributed by atoms with Gasteiger partial charge in [-0.2, -0.15) is 0 Å². The number of nitrogens with two attached hydrogens (primary N) is 1. The van der Waals surface area contributed by atoms with E-state index < -0.39 is 22.2 Å². The number of benzene rings is 1. The summed E-state index contributed by atoms with van der Waals surface area (Å²) in [6, 6.07) is 3.76. The maximum Gasteiger partial charge on any atom is 0.240 e. The van der Waals surface area contributed by atoms with E-state index >= 15 is 0 Å². The number of hydrogen-bond acceptors (Lipinski definition) is 5. The number of aliphatic hydroxyl groups is 1. The molecule has 1 aromatic carbocycles. The number of carbonyl (C=O) groups excluding carboxylic acids is 1. The van der Waals surface area contributed by atoms with Crippen LogP contribution in [0, 0.1) is 0 Å². The van der Waals surface area contributed by atoms with Crippen molar-refractivity contribution in [1.29, 1.82) is 0 Å². The third-order valence-electron chi connectivity index (χ3n) is 3.14. The Bertz CT molecular complexity index is 628. The zero-order chi connectivity index (χ0) is 14.9. The van der Waals surface area contributed by atoms with Gasteiger partial charge in [-0.3, -0.25) is 4.79 Å². The van der Waals surface area contributed by atoms with Crippen LogP contribution in [0.2, 0.25) is 0 Å². The molecule has 0 bridgehead atoms. The lowest BCUT2D eigenvalue weighted by atomic mass is 10.2. The van der Waals surface area contributed by atoms with E-state index in [4.69, 9.17) is 5.73 Å². The maximum absolute atomic E-state index is 12.1. The smallest absolute Gasteiger partial charge is 0.240 e. The third-order valence-corrected chi connectivity index (χ3v) is 4.56. The SMILES string of the molecule is CC(O)C(N)CNS(=O)(=O)c1ccc2c(c1)CC(=O)N2. The van der Waals surface area contributed by atoms with E-state index in [-0.39, 0.29) is 23.8 Å². The lowest BCUT2D eigenvalue weighted by molar-refractivity contribution is -0.115. The Morgan fingerprint density at radius 1 is 1.50 bits per heavy atom. The van der Waals surface area contributed by atoms with E-state index in [1.165, 1.54) is 19.1 Å². The topological polar surface area (TPSA) is 122 Å². The summed E-state index contributed by atoms with van der Waals surface area (Å²) in [6.45, 7) is 1.43. The normalized spacial score (nSPS) is 17.4. The van der Waals surface area contributed by atoms with Gasteiger partial charge in [0.1, 0.15) is 0 Å². The van der Waals surface area contributed by atoms with Gasteiger partial charge in [0.25, 0.3) is 0 Å². The molecule has 2 rings (SSSR count). The van der Waals surface area contributed by atoms with Gasteiger partial charge in [-0.1, -0.05) is 0 Å². The summed E-state index contributed by atoms with van der Waals surface area (Å²) < 4.78 is 26.5. The standard InChI is InChI=1S/C12H17N3O4S/c1-7(16)10(13)6-14-20(18,19)9-2-3-11-8(4-9)5-12(17)15-11/h2-4,7,10,14,16H,5-6,13H2,1H3,(H,15,17). The third kappa shape index (κ3) is 3.15. The van der Waals surface area contributed by atoms with E-state index in [2.05, 4.69) is 10.0 Å². The molecule has 0 fully saturated rings. The van der Waals surface area contributed by atoms with E-state index in [1.807, 2.05) is 0 Å². The summed E-state index contributed by atoms with van der Waals surface area (Å²) >= 11 is 0. The molecule has 0 aromatic heterocycles. The Morgan fingerprint density at radius 2 is 2.20 bits per heavy atom. The summed E-state index contributed by atoms with van der Waals surface area (Å²) in [4.78, 5) is 11.3. The van der Waals surface area contributed by atoms with Gasteiger partial charge in [0.15, 0.2) is 0 Å². The minimum absolute atomic E-state index is 0.0612. The zero-order valence-corrected chi connectivity index (χ0v) is 11.8. The van der Waals surface area contributed by atoms with Crippen LogP contribution in [0.3, 0.4) is 0 Å². The Kier molecular flexibility index (Phi) is 4.09. The van der Waals surface area contributed by atoms with Crippen molar-refractivity contribution in [1.82, 2.24) is 4.72 Å². The first-order valence-corrected chi connectivity index (χ1v) is 7.64. The Balaban J connectivity index is 2.15. The molecule has 1 amide bonds. The number of fused-ring (bicyclic) bond motifs is 1. The van der Waals surface area contributed by atoms with Gasteiger partial charge < -0.3 is 16.2 Å². The Hall–Kier alpha value is -1.48. The molecular formula is C12H17N3O4S. The van der Waals surface area contributed by atoms with Crippen molar-refractivity contribution in [2.24, 2.45) is 5.73 Å². The minimum atomic E-state index is -3.71. The van der Waals surface area contributed by atoms with Gasteiger partial charge in [-0.05, 0) is 30.7 Å². The molecule has 8 heteroatoms. The molecule has 0 aliphatic carbocycles. The average molecular weight is 299 g/mol. The summed E-state index contributed by atoms with van der Waals surface area (Å²) in [6.07, 6.45) is -0.633. The minimum Gasteiger partial charge on any atom is -0.392 e. The van der Waals surface area contributed by atoms with Gasteiger partial charge in [0.2, 0.25) is 15.9 Å². The lowest BCUT2D eigenvalue weighted by Crippen LogP contribution is -2.43. The number of carbonyl (C=O) groups is 1. The highest BCUT2D eigenvalue weighted by molar-refractivity contribution is 7.89. The van der Waals surface area contributed by atoms with E-state index in [1.54, 1.807) is 6.07 Å². The number of aliphatic hydroxyl groups excluding tert-OH is 1. The van der Waals surface area contributed by atoms with Crippen molar-refractivity contribution in [3.8, 4) is 0 Å². The van der Waals surface area contributed by atoms with Crippen LogP contribution in [0.25, 0.3) is 0 Å². The first-order chi connectivity index (χ1) is 9.29. The number of amides is 1. The molecule has 1 aromatic rings. The molecule has 7 nitrogen and oxygen atoms in total. The first kappa shape index (κ1) is 14.9. The van der Waals surface area contributed by atoms with Gasteiger partial charge in [0, 0.05) is 18.3 Å². The number of rotatable bonds is 5. The molecule has 1 aliphatic heterocycles. The molecule has 1 aliphatic rings. The predicted molar refractivity (Wildman–Crippen MR) is 73.6 cm³/mol. The molecule has 0 spiro atoms. The second kappa shape index (κ2) is 5.49.